The van der Waals surface area contributed by atoms with E-state index in [1.165, 1.54) is 0 Å². The molecule has 0 aliphatic rings. The van der Waals surface area contributed by atoms with E-state index in [4.69, 9.17) is 5.11 Å². The Morgan fingerprint density at radius 2 is 1.82 bits per heavy atom. The maximum atomic E-state index is 8.63. The van der Waals surface area contributed by atoms with Crippen LogP contribution in [0, 0.1) is 0 Å². The molecule has 1 N–H and O–H groups in total. The summed E-state index contributed by atoms with van der Waals surface area (Å²) in [5.41, 5.74) is 0. The van der Waals surface area contributed by atoms with E-state index in [-0.39, 0.29) is 0 Å². The Morgan fingerprint density at radius 3 is 2.00 bits per heavy atom. The zero-order valence-corrected chi connectivity index (χ0v) is 7.17. The lowest BCUT2D eigenvalue weighted by Crippen LogP contribution is -1.56. The lowest BCUT2D eigenvalue weighted by molar-refractivity contribution is 0.475. The number of para-hydroxylation sites is 1. The fraction of sp³-hybridized carbons (Fsp3) is 0.111. The van der Waals surface area contributed by atoms with Gasteiger partial charge in [0.2, 0.25) is 0 Å². The van der Waals surface area contributed by atoms with Gasteiger partial charge in [0.1, 0.15) is 5.75 Å². The molecule has 11 heavy (non-hydrogen) atoms. The van der Waals surface area contributed by atoms with Crippen LogP contribution in [-0.2, 0) is 0 Å². The highest BCUT2D eigenvalue weighted by atomic mass is 32.1. The summed E-state index contributed by atoms with van der Waals surface area (Å²) in [7, 11) is 0. The molecule has 0 spiro atoms. The molecule has 0 aliphatic carbocycles. The maximum Gasteiger partial charge on any atom is 0.115 e. The van der Waals surface area contributed by atoms with Gasteiger partial charge >= 0.3 is 0 Å². The van der Waals surface area contributed by atoms with Gasteiger partial charge in [0, 0.05) is 5.75 Å². The molecule has 1 rings (SSSR count). The number of aromatic hydroxyl groups is 1. The molecule has 1 aromatic carbocycles. The molecule has 0 saturated carbocycles. The van der Waals surface area contributed by atoms with Crippen molar-refractivity contribution in [2.45, 2.75) is 0 Å². The number of phenols is 1. The molecule has 0 atom stereocenters. The van der Waals surface area contributed by atoms with E-state index in [0.29, 0.717) is 5.75 Å². The first-order valence-corrected chi connectivity index (χ1v) is 3.90. The molecular weight excluding hydrogens is 156 g/mol. The number of phenolic OH excluding ortho intramolecular Hbond substituents is 1. The molecule has 0 aliphatic heterocycles. The summed E-state index contributed by atoms with van der Waals surface area (Å²) in [6.45, 7) is 3.40. The van der Waals surface area contributed by atoms with Gasteiger partial charge in [-0.3, -0.25) is 0 Å². The third-order valence-electron chi connectivity index (χ3n) is 0.885. The number of rotatable bonds is 1. The monoisotopic (exact) mass is 168 g/mol. The summed E-state index contributed by atoms with van der Waals surface area (Å²) in [6.07, 6.45) is 1.74. The standard InChI is InChI=1S/C6H6O.C3H6S/c7-6-4-2-1-3-5-6;1-2-3-4/h1-5,7H;2,4H,1,3H2. The lowest BCUT2D eigenvalue weighted by atomic mass is 10.3. The van der Waals surface area contributed by atoms with Crippen LogP contribution < -0.4 is 0 Å². The van der Waals surface area contributed by atoms with Gasteiger partial charge in [0.15, 0.2) is 0 Å². The molecule has 0 aromatic heterocycles. The summed E-state index contributed by atoms with van der Waals surface area (Å²) in [6, 6.07) is 8.71. The van der Waals surface area contributed by atoms with Crippen LogP contribution in [0.1, 0.15) is 0 Å². The fourth-order valence-electron chi connectivity index (χ4n) is 0.428. The Bertz CT molecular complexity index is 184. The van der Waals surface area contributed by atoms with Crippen LogP contribution in [0.5, 0.6) is 5.75 Å². The van der Waals surface area contributed by atoms with Crippen LogP contribution >= 0.6 is 12.6 Å². The molecule has 60 valence electrons. The van der Waals surface area contributed by atoms with Crippen LogP contribution in [0.2, 0.25) is 0 Å². The topological polar surface area (TPSA) is 20.2 Å². The SMILES string of the molecule is C=CCS.Oc1ccccc1. The van der Waals surface area contributed by atoms with Crippen LogP contribution in [0.15, 0.2) is 43.0 Å². The van der Waals surface area contributed by atoms with Crippen molar-refractivity contribution in [1.29, 1.82) is 0 Å². The average molecular weight is 168 g/mol. The van der Waals surface area contributed by atoms with Crippen molar-refractivity contribution in [2.75, 3.05) is 5.75 Å². The highest BCUT2D eigenvalue weighted by Gasteiger charge is 1.74. The van der Waals surface area contributed by atoms with E-state index in [1.807, 2.05) is 6.07 Å². The number of hydrogen-bond donors (Lipinski definition) is 2. The minimum atomic E-state index is 0.322. The number of benzene rings is 1. The van der Waals surface area contributed by atoms with Crippen molar-refractivity contribution in [1.82, 2.24) is 0 Å². The van der Waals surface area contributed by atoms with Gasteiger partial charge in [0.05, 0.1) is 0 Å². The Kier molecular flexibility index (Phi) is 6.64. The molecule has 0 unspecified atom stereocenters. The van der Waals surface area contributed by atoms with E-state index < -0.39 is 0 Å². The summed E-state index contributed by atoms with van der Waals surface area (Å²) >= 11 is 3.80. The second-order valence-corrected chi connectivity index (χ2v) is 2.17. The van der Waals surface area contributed by atoms with Crippen LogP contribution in [-0.4, -0.2) is 10.9 Å². The maximum absolute atomic E-state index is 8.63. The molecule has 1 nitrogen and oxygen atoms in total. The van der Waals surface area contributed by atoms with E-state index in [1.54, 1.807) is 30.3 Å². The summed E-state index contributed by atoms with van der Waals surface area (Å²) in [5, 5.41) is 8.63. The van der Waals surface area contributed by atoms with Crippen molar-refractivity contribution in [3.8, 4) is 5.75 Å². The van der Waals surface area contributed by atoms with Crippen molar-refractivity contribution < 1.29 is 5.11 Å². The third kappa shape index (κ3) is 7.00. The minimum absolute atomic E-state index is 0.322. The van der Waals surface area contributed by atoms with Gasteiger partial charge in [-0.15, -0.1) is 6.58 Å². The normalized spacial score (nSPS) is 7.73. The minimum Gasteiger partial charge on any atom is -0.508 e. The average Bonchev–Trinajstić information content (AvgIpc) is 2.07. The smallest absolute Gasteiger partial charge is 0.115 e. The van der Waals surface area contributed by atoms with Gasteiger partial charge in [0.25, 0.3) is 0 Å². The Labute approximate surface area is 72.8 Å². The molecule has 1 aromatic rings. The van der Waals surface area contributed by atoms with Gasteiger partial charge < -0.3 is 5.11 Å². The molecule has 0 fully saturated rings. The van der Waals surface area contributed by atoms with Crippen molar-refractivity contribution in [2.24, 2.45) is 0 Å². The first-order chi connectivity index (χ1) is 5.31. The number of thiol groups is 1. The largest absolute Gasteiger partial charge is 0.508 e. The zero-order chi connectivity index (χ0) is 8.53. The summed E-state index contributed by atoms with van der Waals surface area (Å²) < 4.78 is 0. The van der Waals surface area contributed by atoms with Gasteiger partial charge in [-0.05, 0) is 12.1 Å². The molecule has 0 amide bonds. The second kappa shape index (κ2) is 7.22. The Morgan fingerprint density at radius 1 is 1.36 bits per heavy atom. The molecular formula is C9H12OS. The first kappa shape index (κ1) is 10.1. The van der Waals surface area contributed by atoms with Crippen LogP contribution in [0.3, 0.4) is 0 Å². The van der Waals surface area contributed by atoms with Gasteiger partial charge in [-0.2, -0.15) is 12.6 Å². The summed E-state index contributed by atoms with van der Waals surface area (Å²) in [4.78, 5) is 0. The van der Waals surface area contributed by atoms with Crippen LogP contribution in [0.4, 0.5) is 0 Å². The highest BCUT2D eigenvalue weighted by Crippen LogP contribution is 2.02. The number of hydrogen-bond acceptors (Lipinski definition) is 2. The fourth-order valence-corrected chi connectivity index (χ4v) is 0.428. The highest BCUT2D eigenvalue weighted by molar-refractivity contribution is 7.80. The van der Waals surface area contributed by atoms with Gasteiger partial charge in [-0.1, -0.05) is 24.3 Å². The first-order valence-electron chi connectivity index (χ1n) is 3.27. The molecule has 0 bridgehead atoms. The lowest BCUT2D eigenvalue weighted by Gasteiger charge is -1.82. The Hall–Kier alpha value is -0.890. The predicted octanol–water partition coefficient (Wildman–Crippen LogP) is 2.49. The van der Waals surface area contributed by atoms with Crippen molar-refractivity contribution >= 4 is 12.6 Å². The summed E-state index contributed by atoms with van der Waals surface area (Å²) in [5.74, 6) is 1.10. The van der Waals surface area contributed by atoms with Crippen molar-refractivity contribution in [3.63, 3.8) is 0 Å². The molecule has 2 heteroatoms. The third-order valence-corrected chi connectivity index (χ3v) is 1.14. The predicted molar refractivity (Wildman–Crippen MR) is 52.2 cm³/mol. The van der Waals surface area contributed by atoms with Gasteiger partial charge in [-0.25, -0.2) is 0 Å². The van der Waals surface area contributed by atoms with E-state index in [2.05, 4.69) is 19.2 Å². The van der Waals surface area contributed by atoms with E-state index in [9.17, 15) is 0 Å². The molecule has 0 saturated heterocycles. The Balaban J connectivity index is 0.000000218. The quantitative estimate of drug-likeness (QED) is 0.487. The second-order valence-electron chi connectivity index (χ2n) is 1.81. The van der Waals surface area contributed by atoms with Crippen molar-refractivity contribution in [3.05, 3.63) is 43.0 Å². The van der Waals surface area contributed by atoms with E-state index >= 15 is 0 Å². The van der Waals surface area contributed by atoms with Crippen LogP contribution in [0.25, 0.3) is 0 Å². The molecule has 0 heterocycles. The van der Waals surface area contributed by atoms with E-state index in [0.717, 1.165) is 5.75 Å². The zero-order valence-electron chi connectivity index (χ0n) is 6.27. The molecule has 0 radical (unpaired) electrons.